The topological polar surface area (TPSA) is 29.1 Å². The van der Waals surface area contributed by atoms with Gasteiger partial charge in [-0.3, -0.25) is 4.79 Å². The van der Waals surface area contributed by atoms with Crippen molar-refractivity contribution in [2.75, 3.05) is 11.9 Å². The third kappa shape index (κ3) is 3.23. The van der Waals surface area contributed by atoms with E-state index in [1.54, 1.807) is 24.3 Å². The largest absolute Gasteiger partial charge is 0.378 e. The lowest BCUT2D eigenvalue weighted by Crippen LogP contribution is -2.13. The molecule has 21 heavy (non-hydrogen) atoms. The van der Waals surface area contributed by atoms with Gasteiger partial charge in [0.2, 0.25) is 0 Å². The van der Waals surface area contributed by atoms with Crippen LogP contribution in [0.3, 0.4) is 0 Å². The lowest BCUT2D eigenvalue weighted by Gasteiger charge is -2.07. The molecule has 0 saturated heterocycles. The van der Waals surface area contributed by atoms with Crippen LogP contribution in [0.15, 0.2) is 66.7 Å². The van der Waals surface area contributed by atoms with Crippen LogP contribution in [0.4, 0.5) is 5.69 Å². The van der Waals surface area contributed by atoms with Crippen molar-refractivity contribution >= 4 is 33.8 Å². The standard InChI is InChI=1S/C18H14ClNO/c19-16-8-5-14(6-9-16)18(21)12-20-17-10-7-13-3-1-2-4-15(13)11-17/h1-11,20H,12H2. The molecule has 0 amide bonds. The fourth-order valence-electron chi connectivity index (χ4n) is 2.22. The molecule has 0 fully saturated rings. The molecule has 0 saturated carbocycles. The molecule has 0 aromatic heterocycles. The van der Waals surface area contributed by atoms with Crippen LogP contribution in [0, 0.1) is 0 Å². The lowest BCUT2D eigenvalue weighted by atomic mass is 10.1. The van der Waals surface area contributed by atoms with Crippen LogP contribution in [0.25, 0.3) is 10.8 Å². The van der Waals surface area contributed by atoms with E-state index in [4.69, 9.17) is 11.6 Å². The van der Waals surface area contributed by atoms with Gasteiger partial charge in [-0.25, -0.2) is 0 Å². The molecule has 1 N–H and O–H groups in total. The first-order chi connectivity index (χ1) is 10.2. The number of carbonyl (C=O) groups is 1. The van der Waals surface area contributed by atoms with Gasteiger partial charge in [-0.05, 0) is 47.2 Å². The Labute approximate surface area is 128 Å². The van der Waals surface area contributed by atoms with Gasteiger partial charge in [0.15, 0.2) is 5.78 Å². The van der Waals surface area contributed by atoms with Crippen molar-refractivity contribution in [3.63, 3.8) is 0 Å². The fourth-order valence-corrected chi connectivity index (χ4v) is 2.35. The molecule has 3 heteroatoms. The Hall–Kier alpha value is -2.32. The lowest BCUT2D eigenvalue weighted by molar-refractivity contribution is 0.101. The van der Waals surface area contributed by atoms with E-state index in [-0.39, 0.29) is 12.3 Å². The number of Topliss-reactive ketones (excluding diaryl/α,β-unsaturated/α-hetero) is 1. The van der Waals surface area contributed by atoms with Crippen molar-refractivity contribution < 1.29 is 4.79 Å². The first kappa shape index (κ1) is 13.7. The van der Waals surface area contributed by atoms with Gasteiger partial charge in [0.25, 0.3) is 0 Å². The summed E-state index contributed by atoms with van der Waals surface area (Å²) in [6.07, 6.45) is 0. The number of hydrogen-bond acceptors (Lipinski definition) is 2. The van der Waals surface area contributed by atoms with E-state index in [1.807, 2.05) is 30.3 Å². The van der Waals surface area contributed by atoms with Crippen molar-refractivity contribution in [3.05, 3.63) is 77.3 Å². The molecule has 0 spiro atoms. The monoisotopic (exact) mass is 295 g/mol. The zero-order chi connectivity index (χ0) is 14.7. The van der Waals surface area contributed by atoms with Crippen molar-refractivity contribution in [2.24, 2.45) is 0 Å². The summed E-state index contributed by atoms with van der Waals surface area (Å²) in [4.78, 5) is 12.1. The number of benzene rings is 3. The van der Waals surface area contributed by atoms with Crippen molar-refractivity contribution in [2.45, 2.75) is 0 Å². The molecule has 2 nitrogen and oxygen atoms in total. The summed E-state index contributed by atoms with van der Waals surface area (Å²) in [6, 6.07) is 21.2. The Morgan fingerprint density at radius 2 is 1.62 bits per heavy atom. The van der Waals surface area contributed by atoms with Gasteiger partial charge < -0.3 is 5.32 Å². The zero-order valence-corrected chi connectivity index (χ0v) is 12.1. The van der Waals surface area contributed by atoms with Crippen LogP contribution < -0.4 is 5.32 Å². The van der Waals surface area contributed by atoms with Gasteiger partial charge >= 0.3 is 0 Å². The van der Waals surface area contributed by atoms with Gasteiger partial charge in [-0.2, -0.15) is 0 Å². The average Bonchev–Trinajstić information content (AvgIpc) is 2.53. The summed E-state index contributed by atoms with van der Waals surface area (Å²) in [5, 5.41) is 6.14. The summed E-state index contributed by atoms with van der Waals surface area (Å²) >= 11 is 5.82. The van der Waals surface area contributed by atoms with Gasteiger partial charge in [-0.1, -0.05) is 41.9 Å². The van der Waals surface area contributed by atoms with E-state index in [2.05, 4.69) is 17.4 Å². The van der Waals surface area contributed by atoms with Crippen LogP contribution in [0.5, 0.6) is 0 Å². The molecule has 104 valence electrons. The minimum absolute atomic E-state index is 0.0415. The van der Waals surface area contributed by atoms with Crippen LogP contribution in [0.2, 0.25) is 5.02 Å². The van der Waals surface area contributed by atoms with Crippen LogP contribution in [-0.4, -0.2) is 12.3 Å². The number of halogens is 1. The third-order valence-electron chi connectivity index (χ3n) is 3.37. The second-order valence-corrected chi connectivity index (χ2v) is 5.28. The van der Waals surface area contributed by atoms with Crippen LogP contribution in [0.1, 0.15) is 10.4 Å². The predicted molar refractivity (Wildman–Crippen MR) is 88.2 cm³/mol. The summed E-state index contributed by atoms with van der Waals surface area (Å²) in [5.41, 5.74) is 1.60. The minimum atomic E-state index is 0.0415. The number of ketones is 1. The maximum atomic E-state index is 12.1. The highest BCUT2D eigenvalue weighted by Gasteiger charge is 2.05. The summed E-state index contributed by atoms with van der Waals surface area (Å²) in [7, 11) is 0. The molecular weight excluding hydrogens is 282 g/mol. The Balaban J connectivity index is 1.71. The first-order valence-electron chi connectivity index (χ1n) is 6.74. The Morgan fingerprint density at radius 3 is 2.38 bits per heavy atom. The molecular formula is C18H14ClNO. The molecule has 0 atom stereocenters. The van der Waals surface area contributed by atoms with E-state index >= 15 is 0 Å². The van der Waals surface area contributed by atoms with Gasteiger partial charge in [0.05, 0.1) is 6.54 Å². The molecule has 0 radical (unpaired) electrons. The molecule has 3 aromatic carbocycles. The zero-order valence-electron chi connectivity index (χ0n) is 11.3. The SMILES string of the molecule is O=C(CNc1ccc2ccccc2c1)c1ccc(Cl)cc1. The van der Waals surface area contributed by atoms with Crippen molar-refractivity contribution in [1.82, 2.24) is 0 Å². The molecule has 0 unspecified atom stereocenters. The second-order valence-electron chi connectivity index (χ2n) is 4.85. The summed E-state index contributed by atoms with van der Waals surface area (Å²) in [6.45, 7) is 0.264. The first-order valence-corrected chi connectivity index (χ1v) is 7.11. The number of nitrogens with one attached hydrogen (secondary N) is 1. The Bertz CT molecular complexity index is 781. The Morgan fingerprint density at radius 1 is 0.905 bits per heavy atom. The minimum Gasteiger partial charge on any atom is -0.378 e. The Kier molecular flexibility index (Phi) is 3.89. The molecule has 0 bridgehead atoms. The quantitative estimate of drug-likeness (QED) is 0.701. The average molecular weight is 296 g/mol. The van der Waals surface area contributed by atoms with Crippen LogP contribution >= 0.6 is 11.6 Å². The predicted octanol–water partition coefficient (Wildman–Crippen LogP) is 4.79. The number of hydrogen-bond donors (Lipinski definition) is 1. The molecule has 3 aromatic rings. The van der Waals surface area contributed by atoms with Gasteiger partial charge in [0, 0.05) is 16.3 Å². The number of rotatable bonds is 4. The smallest absolute Gasteiger partial charge is 0.181 e. The summed E-state index contributed by atoms with van der Waals surface area (Å²) < 4.78 is 0. The third-order valence-corrected chi connectivity index (χ3v) is 3.62. The number of anilines is 1. The highest BCUT2D eigenvalue weighted by Crippen LogP contribution is 2.19. The second kappa shape index (κ2) is 5.98. The van der Waals surface area contributed by atoms with E-state index < -0.39 is 0 Å². The highest BCUT2D eigenvalue weighted by atomic mass is 35.5. The highest BCUT2D eigenvalue weighted by molar-refractivity contribution is 6.30. The summed E-state index contributed by atoms with van der Waals surface area (Å²) in [5.74, 6) is 0.0415. The van der Waals surface area contributed by atoms with Gasteiger partial charge in [-0.15, -0.1) is 0 Å². The number of fused-ring (bicyclic) bond motifs is 1. The molecule has 0 heterocycles. The maximum absolute atomic E-state index is 12.1. The van der Waals surface area contributed by atoms with Crippen molar-refractivity contribution in [1.29, 1.82) is 0 Å². The molecule has 0 aliphatic heterocycles. The van der Waals surface area contributed by atoms with Gasteiger partial charge in [0.1, 0.15) is 0 Å². The fraction of sp³-hybridized carbons (Fsp3) is 0.0556. The molecule has 0 aliphatic rings. The normalized spacial score (nSPS) is 10.5. The number of carbonyl (C=O) groups excluding carboxylic acids is 1. The van der Waals surface area contributed by atoms with Crippen molar-refractivity contribution in [3.8, 4) is 0 Å². The molecule has 3 rings (SSSR count). The van der Waals surface area contributed by atoms with Crippen LogP contribution in [-0.2, 0) is 0 Å². The van der Waals surface area contributed by atoms with E-state index in [0.717, 1.165) is 11.1 Å². The van der Waals surface area contributed by atoms with E-state index in [9.17, 15) is 4.79 Å². The van der Waals surface area contributed by atoms with E-state index in [1.165, 1.54) is 5.39 Å². The maximum Gasteiger partial charge on any atom is 0.181 e. The van der Waals surface area contributed by atoms with E-state index in [0.29, 0.717) is 10.6 Å². The molecule has 0 aliphatic carbocycles.